The first-order valence-corrected chi connectivity index (χ1v) is 10.9. The molecule has 0 heterocycles. The fourth-order valence-corrected chi connectivity index (χ4v) is 5.40. The predicted molar refractivity (Wildman–Crippen MR) is 112 cm³/mol. The van der Waals surface area contributed by atoms with Crippen LogP contribution in [0.25, 0.3) is 11.1 Å². The van der Waals surface area contributed by atoms with Gasteiger partial charge in [0.2, 0.25) is 0 Å². The zero-order valence-electron chi connectivity index (χ0n) is 16.8. The molecule has 2 N–H and O–H groups in total. The maximum Gasteiger partial charge on any atom is 0.146 e. The molecule has 2 fully saturated rings. The van der Waals surface area contributed by atoms with Gasteiger partial charge in [0.25, 0.3) is 0 Å². The number of nitrogens with two attached hydrogens (primary N) is 1. The lowest BCUT2D eigenvalue weighted by Gasteiger charge is -2.37. The van der Waals surface area contributed by atoms with Crippen molar-refractivity contribution in [3.05, 3.63) is 53.6 Å². The SMILES string of the molecule is CC1CCC(C2CCC(c3ccc(-c4ccc(N)c(F)c4)c(F)c3)CC2)CC1. The Labute approximate surface area is 167 Å². The van der Waals surface area contributed by atoms with Crippen molar-refractivity contribution in [2.75, 3.05) is 5.73 Å². The minimum Gasteiger partial charge on any atom is -0.396 e. The van der Waals surface area contributed by atoms with Gasteiger partial charge in [-0.1, -0.05) is 38.0 Å². The highest BCUT2D eigenvalue weighted by Gasteiger charge is 2.30. The summed E-state index contributed by atoms with van der Waals surface area (Å²) in [6, 6.07) is 9.96. The monoisotopic (exact) mass is 383 g/mol. The summed E-state index contributed by atoms with van der Waals surface area (Å²) in [6.07, 6.45) is 10.5. The van der Waals surface area contributed by atoms with E-state index in [2.05, 4.69) is 6.92 Å². The van der Waals surface area contributed by atoms with E-state index in [0.29, 0.717) is 17.0 Å². The van der Waals surface area contributed by atoms with Crippen molar-refractivity contribution in [2.45, 2.75) is 64.2 Å². The van der Waals surface area contributed by atoms with E-state index < -0.39 is 5.82 Å². The van der Waals surface area contributed by atoms with Crippen LogP contribution in [0.2, 0.25) is 0 Å². The summed E-state index contributed by atoms with van der Waals surface area (Å²) in [7, 11) is 0. The van der Waals surface area contributed by atoms with E-state index in [4.69, 9.17) is 5.73 Å². The third kappa shape index (κ3) is 4.09. The summed E-state index contributed by atoms with van der Waals surface area (Å²) in [4.78, 5) is 0. The second-order valence-electron chi connectivity index (χ2n) is 9.11. The zero-order valence-corrected chi connectivity index (χ0v) is 16.8. The predicted octanol–water partition coefficient (Wildman–Crippen LogP) is 7.31. The number of anilines is 1. The minimum atomic E-state index is -0.503. The van der Waals surface area contributed by atoms with Crippen molar-refractivity contribution in [3.8, 4) is 11.1 Å². The Bertz CT molecular complexity index is 815. The molecule has 1 nitrogen and oxygen atoms in total. The van der Waals surface area contributed by atoms with E-state index in [1.807, 2.05) is 6.07 Å². The Morgan fingerprint density at radius 1 is 0.750 bits per heavy atom. The van der Waals surface area contributed by atoms with E-state index >= 15 is 0 Å². The summed E-state index contributed by atoms with van der Waals surface area (Å²) < 4.78 is 28.5. The summed E-state index contributed by atoms with van der Waals surface area (Å²) in [5.74, 6) is 2.36. The molecule has 0 amide bonds. The van der Waals surface area contributed by atoms with Crippen LogP contribution >= 0.6 is 0 Å². The Morgan fingerprint density at radius 2 is 1.39 bits per heavy atom. The molecule has 2 aromatic carbocycles. The lowest BCUT2D eigenvalue weighted by molar-refractivity contribution is 0.165. The Kier molecular flexibility index (Phi) is 5.70. The maximum atomic E-state index is 14.8. The Morgan fingerprint density at radius 3 is 2.00 bits per heavy atom. The van der Waals surface area contributed by atoms with Gasteiger partial charge in [-0.2, -0.15) is 0 Å². The van der Waals surface area contributed by atoms with Gasteiger partial charge in [0.1, 0.15) is 11.6 Å². The summed E-state index contributed by atoms with van der Waals surface area (Å²) in [5.41, 5.74) is 7.68. The standard InChI is InChI=1S/C25H31F2N/c1-16-2-4-17(5-3-16)18-6-8-19(9-7-18)20-10-12-22(23(26)14-20)21-11-13-25(28)24(27)15-21/h10-19H,2-9,28H2,1H3. The maximum absolute atomic E-state index is 14.8. The molecule has 0 spiro atoms. The number of hydrogen-bond donors (Lipinski definition) is 1. The highest BCUT2D eigenvalue weighted by molar-refractivity contribution is 5.67. The van der Waals surface area contributed by atoms with Crippen molar-refractivity contribution >= 4 is 5.69 Å². The quantitative estimate of drug-likeness (QED) is 0.552. The van der Waals surface area contributed by atoms with Crippen LogP contribution in [0.4, 0.5) is 14.5 Å². The molecule has 2 aliphatic rings. The molecular formula is C25H31F2N. The van der Waals surface area contributed by atoms with Crippen LogP contribution in [-0.4, -0.2) is 0 Å². The van der Waals surface area contributed by atoms with Crippen LogP contribution in [0.1, 0.15) is 69.8 Å². The lowest BCUT2D eigenvalue weighted by Crippen LogP contribution is -2.24. The van der Waals surface area contributed by atoms with Crippen molar-refractivity contribution in [3.63, 3.8) is 0 Å². The number of benzene rings is 2. The van der Waals surface area contributed by atoms with Crippen molar-refractivity contribution in [1.82, 2.24) is 0 Å². The average Bonchev–Trinajstić information content (AvgIpc) is 2.71. The van der Waals surface area contributed by atoms with Crippen molar-refractivity contribution in [1.29, 1.82) is 0 Å². The third-order valence-electron chi connectivity index (χ3n) is 7.28. The van der Waals surface area contributed by atoms with Gasteiger partial charge in [-0.3, -0.25) is 0 Å². The van der Waals surface area contributed by atoms with Crippen LogP contribution in [0.5, 0.6) is 0 Å². The van der Waals surface area contributed by atoms with Gasteiger partial charge in [0.05, 0.1) is 5.69 Å². The van der Waals surface area contributed by atoms with E-state index in [9.17, 15) is 8.78 Å². The molecule has 0 atom stereocenters. The summed E-state index contributed by atoms with van der Waals surface area (Å²) >= 11 is 0. The average molecular weight is 384 g/mol. The lowest BCUT2D eigenvalue weighted by atomic mass is 9.68. The molecule has 2 aromatic rings. The first-order chi connectivity index (χ1) is 13.5. The van der Waals surface area contributed by atoms with E-state index in [1.54, 1.807) is 18.2 Å². The van der Waals surface area contributed by atoms with E-state index in [0.717, 1.165) is 36.2 Å². The minimum absolute atomic E-state index is 0.0879. The van der Waals surface area contributed by atoms with Crippen LogP contribution in [0.3, 0.4) is 0 Å². The van der Waals surface area contributed by atoms with E-state index in [-0.39, 0.29) is 11.5 Å². The van der Waals surface area contributed by atoms with Crippen molar-refractivity contribution in [2.24, 2.45) is 17.8 Å². The Balaban J connectivity index is 1.42. The molecule has 0 radical (unpaired) electrons. The first kappa shape index (κ1) is 19.4. The van der Waals surface area contributed by atoms with Gasteiger partial charge in [0.15, 0.2) is 0 Å². The normalized spacial score (nSPS) is 28.2. The second-order valence-corrected chi connectivity index (χ2v) is 9.11. The molecule has 0 aromatic heterocycles. The fraction of sp³-hybridized carbons (Fsp3) is 0.520. The molecule has 3 heteroatoms. The highest BCUT2D eigenvalue weighted by atomic mass is 19.1. The van der Waals surface area contributed by atoms with Gasteiger partial charge in [-0.25, -0.2) is 8.78 Å². The molecule has 0 bridgehead atoms. The molecule has 0 aliphatic heterocycles. The fourth-order valence-electron chi connectivity index (χ4n) is 5.40. The summed E-state index contributed by atoms with van der Waals surface area (Å²) in [5, 5.41) is 0. The highest BCUT2D eigenvalue weighted by Crippen LogP contribution is 2.44. The Hall–Kier alpha value is -1.90. The largest absolute Gasteiger partial charge is 0.396 e. The number of rotatable bonds is 3. The zero-order chi connectivity index (χ0) is 19.7. The van der Waals surface area contributed by atoms with Gasteiger partial charge in [0, 0.05) is 5.56 Å². The molecular weight excluding hydrogens is 352 g/mol. The molecule has 2 saturated carbocycles. The van der Waals surface area contributed by atoms with Crippen LogP contribution in [0.15, 0.2) is 36.4 Å². The van der Waals surface area contributed by atoms with Crippen molar-refractivity contribution < 1.29 is 8.78 Å². The van der Waals surface area contributed by atoms with Gasteiger partial charge in [-0.05, 0) is 91.5 Å². The van der Waals surface area contributed by atoms with Gasteiger partial charge in [-0.15, -0.1) is 0 Å². The molecule has 0 unspecified atom stereocenters. The van der Waals surface area contributed by atoms with Crippen LogP contribution < -0.4 is 5.73 Å². The number of hydrogen-bond acceptors (Lipinski definition) is 1. The van der Waals surface area contributed by atoms with Gasteiger partial charge >= 0.3 is 0 Å². The molecule has 150 valence electrons. The molecule has 0 saturated heterocycles. The number of nitrogen functional groups attached to an aromatic ring is 1. The second kappa shape index (κ2) is 8.23. The van der Waals surface area contributed by atoms with Gasteiger partial charge < -0.3 is 5.73 Å². The molecule has 28 heavy (non-hydrogen) atoms. The summed E-state index contributed by atoms with van der Waals surface area (Å²) in [6.45, 7) is 2.38. The van der Waals surface area contributed by atoms with Crippen LogP contribution in [0, 0.1) is 29.4 Å². The van der Waals surface area contributed by atoms with Crippen LogP contribution in [-0.2, 0) is 0 Å². The molecule has 4 rings (SSSR count). The topological polar surface area (TPSA) is 26.0 Å². The molecule has 2 aliphatic carbocycles. The smallest absolute Gasteiger partial charge is 0.146 e. The first-order valence-electron chi connectivity index (χ1n) is 10.9. The van der Waals surface area contributed by atoms with E-state index in [1.165, 1.54) is 50.7 Å². The third-order valence-corrected chi connectivity index (χ3v) is 7.28. The number of halogens is 2.